The van der Waals surface area contributed by atoms with Crippen molar-refractivity contribution >= 4 is 16.9 Å². The number of benzene rings is 1. The number of ether oxygens (including phenoxy) is 2. The van der Waals surface area contributed by atoms with Crippen LogP contribution in [0.2, 0.25) is 0 Å². The van der Waals surface area contributed by atoms with E-state index in [0.717, 1.165) is 16.5 Å². The summed E-state index contributed by atoms with van der Waals surface area (Å²) >= 11 is 0. The molecule has 0 bridgehead atoms. The molecule has 2 aromatic rings. The number of nitrogens with zero attached hydrogens (tertiary/aromatic N) is 1. The van der Waals surface area contributed by atoms with Gasteiger partial charge in [-0.1, -0.05) is 0 Å². The minimum atomic E-state index is -0.444. The summed E-state index contributed by atoms with van der Waals surface area (Å²) in [5.41, 5.74) is 1.49. The van der Waals surface area contributed by atoms with Crippen LogP contribution < -0.4 is 10.4 Å². The Labute approximate surface area is 133 Å². The van der Waals surface area contributed by atoms with Crippen molar-refractivity contribution in [3.05, 3.63) is 39.7 Å². The van der Waals surface area contributed by atoms with Crippen molar-refractivity contribution in [2.45, 2.75) is 26.7 Å². The first-order chi connectivity index (χ1) is 11.0. The molecule has 23 heavy (non-hydrogen) atoms. The number of carbonyl (C=O) groups is 1. The van der Waals surface area contributed by atoms with Crippen LogP contribution in [0.25, 0.3) is 11.0 Å². The molecule has 0 saturated heterocycles. The van der Waals surface area contributed by atoms with Crippen LogP contribution in [0.5, 0.6) is 5.75 Å². The Balaban J connectivity index is 2.40. The molecule has 0 amide bonds. The van der Waals surface area contributed by atoms with Gasteiger partial charge < -0.3 is 13.9 Å². The van der Waals surface area contributed by atoms with E-state index in [4.69, 9.17) is 19.2 Å². The molecule has 0 N–H and O–H groups in total. The van der Waals surface area contributed by atoms with Crippen molar-refractivity contribution in [1.82, 2.24) is 0 Å². The third-order valence-corrected chi connectivity index (χ3v) is 3.33. The molecule has 0 radical (unpaired) electrons. The van der Waals surface area contributed by atoms with Crippen LogP contribution in [0.4, 0.5) is 0 Å². The zero-order valence-corrected chi connectivity index (χ0v) is 13.0. The quantitative estimate of drug-likeness (QED) is 0.601. The van der Waals surface area contributed by atoms with Crippen LogP contribution >= 0.6 is 0 Å². The summed E-state index contributed by atoms with van der Waals surface area (Å²) in [6.07, 6.45) is 0.617. The maximum atomic E-state index is 11.5. The molecule has 120 valence electrons. The molecule has 1 heterocycles. The highest BCUT2D eigenvalue weighted by molar-refractivity contribution is 5.83. The predicted molar refractivity (Wildman–Crippen MR) is 83.3 cm³/mol. The maximum Gasteiger partial charge on any atom is 0.336 e. The monoisotopic (exact) mass is 315 g/mol. The highest BCUT2D eigenvalue weighted by Crippen LogP contribution is 2.28. The molecule has 0 aliphatic rings. The van der Waals surface area contributed by atoms with Gasteiger partial charge in [-0.05, 0) is 37.5 Å². The van der Waals surface area contributed by atoms with E-state index in [2.05, 4.69) is 0 Å². The van der Waals surface area contributed by atoms with E-state index in [1.54, 1.807) is 13.0 Å². The number of esters is 1. The Morgan fingerprint density at radius 2 is 2.13 bits per heavy atom. The van der Waals surface area contributed by atoms with Gasteiger partial charge in [0.15, 0.2) is 6.61 Å². The zero-order chi connectivity index (χ0) is 16.8. The SMILES string of the molecule is CCOC(=O)CCc1cc2c(C)cc(=O)oc2cc1OCC#N. The second-order valence-corrected chi connectivity index (χ2v) is 4.96. The standard InChI is InChI=1S/C17H17NO5/c1-3-21-16(19)5-4-12-9-13-11(2)8-17(20)23-15(13)10-14(12)22-7-6-18/h8-10H,3-5,7H2,1-2H3. The van der Waals surface area contributed by atoms with Crippen molar-refractivity contribution in [1.29, 1.82) is 5.26 Å². The molecule has 6 nitrogen and oxygen atoms in total. The van der Waals surface area contributed by atoms with E-state index in [1.165, 1.54) is 6.07 Å². The fourth-order valence-electron chi connectivity index (χ4n) is 2.30. The summed E-state index contributed by atoms with van der Waals surface area (Å²) in [5.74, 6) is 0.132. The molecule has 1 aromatic heterocycles. The van der Waals surface area contributed by atoms with E-state index < -0.39 is 5.63 Å². The van der Waals surface area contributed by atoms with Crippen LogP contribution in [-0.4, -0.2) is 19.2 Å². The molecule has 0 aliphatic carbocycles. The average molecular weight is 315 g/mol. The first-order valence-electron chi connectivity index (χ1n) is 7.28. The van der Waals surface area contributed by atoms with Gasteiger partial charge in [0.1, 0.15) is 17.4 Å². The van der Waals surface area contributed by atoms with E-state index in [1.807, 2.05) is 19.1 Å². The second-order valence-electron chi connectivity index (χ2n) is 4.96. The summed E-state index contributed by atoms with van der Waals surface area (Å²) in [5, 5.41) is 9.46. The number of fused-ring (bicyclic) bond motifs is 1. The van der Waals surface area contributed by atoms with Gasteiger partial charge in [0.25, 0.3) is 0 Å². The summed E-state index contributed by atoms with van der Waals surface area (Å²) < 4.78 is 15.5. The largest absolute Gasteiger partial charge is 0.478 e. The molecule has 0 atom stereocenters. The molecular formula is C17H17NO5. The Morgan fingerprint density at radius 3 is 2.83 bits per heavy atom. The number of nitriles is 1. The lowest BCUT2D eigenvalue weighted by Crippen LogP contribution is -2.07. The lowest BCUT2D eigenvalue weighted by Gasteiger charge is -2.11. The van der Waals surface area contributed by atoms with Crippen molar-refractivity contribution < 1.29 is 18.7 Å². The molecule has 2 rings (SSSR count). The molecule has 0 aliphatic heterocycles. The first kappa shape index (κ1) is 16.6. The average Bonchev–Trinajstić information content (AvgIpc) is 2.51. The third kappa shape index (κ3) is 4.10. The first-order valence-corrected chi connectivity index (χ1v) is 7.28. The van der Waals surface area contributed by atoms with Gasteiger partial charge in [-0.15, -0.1) is 0 Å². The summed E-state index contributed by atoms with van der Waals surface area (Å²) in [4.78, 5) is 23.0. The van der Waals surface area contributed by atoms with Gasteiger partial charge in [0.05, 0.1) is 6.61 Å². The number of rotatable bonds is 6. The molecule has 0 saturated carbocycles. The van der Waals surface area contributed by atoms with Crippen LogP contribution in [0, 0.1) is 18.3 Å². The highest BCUT2D eigenvalue weighted by atomic mass is 16.5. The summed E-state index contributed by atoms with van der Waals surface area (Å²) in [6, 6.07) is 6.71. The molecule has 0 unspecified atom stereocenters. The minimum absolute atomic E-state index is 0.131. The van der Waals surface area contributed by atoms with Crippen molar-refractivity contribution in [3.63, 3.8) is 0 Å². The minimum Gasteiger partial charge on any atom is -0.478 e. The van der Waals surface area contributed by atoms with E-state index >= 15 is 0 Å². The zero-order valence-electron chi connectivity index (χ0n) is 13.0. The lowest BCUT2D eigenvalue weighted by atomic mass is 10.0. The molecule has 0 fully saturated rings. The highest BCUT2D eigenvalue weighted by Gasteiger charge is 2.12. The summed E-state index contributed by atoms with van der Waals surface area (Å²) in [7, 11) is 0. The topological polar surface area (TPSA) is 89.5 Å². The molecule has 1 aromatic carbocycles. The fourth-order valence-corrected chi connectivity index (χ4v) is 2.30. The van der Waals surface area contributed by atoms with Gasteiger partial charge in [-0.3, -0.25) is 4.79 Å². The van der Waals surface area contributed by atoms with Gasteiger partial charge in [0.2, 0.25) is 0 Å². The predicted octanol–water partition coefficient (Wildman–Crippen LogP) is 2.50. The Kier molecular flexibility index (Phi) is 5.36. The number of hydrogen-bond acceptors (Lipinski definition) is 6. The Morgan fingerprint density at radius 1 is 1.35 bits per heavy atom. The maximum absolute atomic E-state index is 11.5. The van der Waals surface area contributed by atoms with Gasteiger partial charge in [-0.2, -0.15) is 5.26 Å². The number of aryl methyl sites for hydroxylation is 2. The Bertz CT molecular complexity index is 816. The van der Waals surface area contributed by atoms with Crippen LogP contribution in [0.3, 0.4) is 0 Å². The van der Waals surface area contributed by atoms with Crippen molar-refractivity contribution in [2.75, 3.05) is 13.2 Å². The lowest BCUT2D eigenvalue weighted by molar-refractivity contribution is -0.143. The van der Waals surface area contributed by atoms with Crippen LogP contribution in [0.1, 0.15) is 24.5 Å². The van der Waals surface area contributed by atoms with E-state index in [-0.39, 0.29) is 19.0 Å². The molecule has 0 spiro atoms. The van der Waals surface area contributed by atoms with Crippen molar-refractivity contribution in [3.8, 4) is 11.8 Å². The third-order valence-electron chi connectivity index (χ3n) is 3.33. The number of carbonyl (C=O) groups excluding carboxylic acids is 1. The molecular weight excluding hydrogens is 298 g/mol. The van der Waals surface area contributed by atoms with Crippen molar-refractivity contribution in [2.24, 2.45) is 0 Å². The normalized spacial score (nSPS) is 10.3. The van der Waals surface area contributed by atoms with E-state index in [9.17, 15) is 9.59 Å². The Hall–Kier alpha value is -2.81. The van der Waals surface area contributed by atoms with Crippen LogP contribution in [-0.2, 0) is 16.0 Å². The molecule has 6 heteroatoms. The van der Waals surface area contributed by atoms with E-state index in [0.29, 0.717) is 24.4 Å². The van der Waals surface area contributed by atoms with Crippen LogP contribution in [0.15, 0.2) is 27.4 Å². The number of hydrogen-bond donors (Lipinski definition) is 0. The fraction of sp³-hybridized carbons (Fsp3) is 0.353. The van der Waals surface area contributed by atoms with Gasteiger partial charge in [-0.25, -0.2) is 4.79 Å². The smallest absolute Gasteiger partial charge is 0.336 e. The van der Waals surface area contributed by atoms with Gasteiger partial charge in [0, 0.05) is 23.9 Å². The van der Waals surface area contributed by atoms with Gasteiger partial charge >= 0.3 is 11.6 Å². The second kappa shape index (κ2) is 7.45. The summed E-state index contributed by atoms with van der Waals surface area (Å²) in [6.45, 7) is 3.76.